The Morgan fingerprint density at radius 1 is 0.706 bits per heavy atom. The summed E-state index contributed by atoms with van der Waals surface area (Å²) in [5.41, 5.74) is 0. The van der Waals surface area contributed by atoms with Crippen molar-refractivity contribution < 1.29 is 35.9 Å². The number of hydrogen-bond donors (Lipinski definition) is 2. The number of ether oxygens (including phenoxy) is 2. The number of nitrogens with one attached hydrogen (secondary N) is 2. The van der Waals surface area contributed by atoms with Gasteiger partial charge in [0.15, 0.2) is 0 Å². The van der Waals surface area contributed by atoms with Crippen LogP contribution in [0.2, 0.25) is 0 Å². The van der Waals surface area contributed by atoms with Crippen molar-refractivity contribution in [3.8, 4) is 0 Å². The SMILES string of the molecule is C[C@H](COC(=O)/C=C/C(=O)OC[C@@H](C)NS(=O)(=O)c1ccccc1)NS(=O)(=O)c1ccccc1. The molecule has 0 radical (unpaired) electrons. The van der Waals surface area contributed by atoms with Crippen molar-refractivity contribution >= 4 is 32.0 Å². The average Bonchev–Trinajstić information content (AvgIpc) is 2.80. The van der Waals surface area contributed by atoms with Crippen LogP contribution in [0.15, 0.2) is 82.6 Å². The zero-order valence-electron chi connectivity index (χ0n) is 18.6. The van der Waals surface area contributed by atoms with Gasteiger partial charge in [-0.15, -0.1) is 0 Å². The van der Waals surface area contributed by atoms with Gasteiger partial charge in [0.2, 0.25) is 20.0 Å². The summed E-state index contributed by atoms with van der Waals surface area (Å²) in [6.07, 6.45) is 1.67. The summed E-state index contributed by atoms with van der Waals surface area (Å²) in [7, 11) is -7.52. The van der Waals surface area contributed by atoms with E-state index in [2.05, 4.69) is 9.44 Å². The standard InChI is InChI=1S/C22H26N2O8S2/c1-17(23-33(27,28)19-9-5-3-6-10-19)15-31-21(25)13-14-22(26)32-16-18(2)24-34(29,30)20-11-7-4-8-12-20/h3-14,17-18,23-24H,15-16H2,1-2H3/b14-13+/t17-,18-/m1/s1. The molecular weight excluding hydrogens is 484 g/mol. The molecule has 0 unspecified atom stereocenters. The zero-order chi connectivity index (χ0) is 25.2. The monoisotopic (exact) mass is 510 g/mol. The molecule has 2 aromatic carbocycles. The third-order valence-corrected chi connectivity index (χ3v) is 7.34. The molecule has 184 valence electrons. The van der Waals surface area contributed by atoms with Gasteiger partial charge in [0.25, 0.3) is 0 Å². The summed E-state index contributed by atoms with van der Waals surface area (Å²) in [5, 5.41) is 0. The Hall–Kier alpha value is -3.06. The Morgan fingerprint density at radius 3 is 1.35 bits per heavy atom. The minimum absolute atomic E-state index is 0.0797. The van der Waals surface area contributed by atoms with Crippen LogP contribution >= 0.6 is 0 Å². The van der Waals surface area contributed by atoms with E-state index in [0.29, 0.717) is 0 Å². The fourth-order valence-electron chi connectivity index (χ4n) is 2.58. The molecule has 34 heavy (non-hydrogen) atoms. The second-order valence-electron chi connectivity index (χ2n) is 7.26. The van der Waals surface area contributed by atoms with Crippen LogP contribution in [-0.2, 0) is 39.1 Å². The van der Waals surface area contributed by atoms with Crippen molar-refractivity contribution in [2.24, 2.45) is 0 Å². The smallest absolute Gasteiger partial charge is 0.331 e. The van der Waals surface area contributed by atoms with Crippen LogP contribution in [0.3, 0.4) is 0 Å². The summed E-state index contributed by atoms with van der Waals surface area (Å²) in [6, 6.07) is 14.0. The number of sulfonamides is 2. The first-order valence-electron chi connectivity index (χ1n) is 10.2. The number of hydrogen-bond acceptors (Lipinski definition) is 8. The molecule has 0 aliphatic heterocycles. The van der Waals surface area contributed by atoms with Crippen LogP contribution in [0.5, 0.6) is 0 Å². The average molecular weight is 511 g/mol. The molecule has 12 heteroatoms. The Kier molecular flexibility index (Phi) is 9.93. The first-order chi connectivity index (χ1) is 16.0. The summed E-state index contributed by atoms with van der Waals surface area (Å²) in [5.74, 6) is -1.75. The van der Waals surface area contributed by atoms with Gasteiger partial charge >= 0.3 is 11.9 Å². The molecule has 0 aliphatic rings. The minimum atomic E-state index is -3.76. The molecule has 0 heterocycles. The quantitative estimate of drug-likeness (QED) is 0.322. The van der Waals surface area contributed by atoms with Crippen LogP contribution < -0.4 is 9.44 Å². The summed E-state index contributed by atoms with van der Waals surface area (Å²) in [4.78, 5) is 23.7. The first kappa shape index (κ1) is 27.2. The summed E-state index contributed by atoms with van der Waals surface area (Å²) in [6.45, 7) is 2.51. The van der Waals surface area contributed by atoms with Crippen molar-refractivity contribution in [1.82, 2.24) is 9.44 Å². The largest absolute Gasteiger partial charge is 0.461 e. The molecule has 0 bridgehead atoms. The molecule has 0 aliphatic carbocycles. The highest BCUT2D eigenvalue weighted by atomic mass is 32.2. The summed E-state index contributed by atoms with van der Waals surface area (Å²) < 4.78 is 63.5. The maximum atomic E-state index is 12.2. The molecule has 2 atom stereocenters. The lowest BCUT2D eigenvalue weighted by molar-refractivity contribution is -0.141. The van der Waals surface area contributed by atoms with E-state index in [1.807, 2.05) is 0 Å². The van der Waals surface area contributed by atoms with Crippen LogP contribution in [0.4, 0.5) is 0 Å². The topological polar surface area (TPSA) is 145 Å². The molecule has 10 nitrogen and oxygen atoms in total. The maximum absolute atomic E-state index is 12.2. The van der Waals surface area contributed by atoms with E-state index >= 15 is 0 Å². The Morgan fingerprint density at radius 2 is 1.03 bits per heavy atom. The van der Waals surface area contributed by atoms with Gasteiger partial charge < -0.3 is 9.47 Å². The van der Waals surface area contributed by atoms with Crippen molar-refractivity contribution in [1.29, 1.82) is 0 Å². The molecule has 2 aromatic rings. The van der Waals surface area contributed by atoms with Gasteiger partial charge in [0.05, 0.1) is 21.9 Å². The number of rotatable bonds is 12. The van der Waals surface area contributed by atoms with E-state index in [-0.39, 0.29) is 23.0 Å². The number of carbonyl (C=O) groups is 2. The van der Waals surface area contributed by atoms with E-state index in [4.69, 9.17) is 9.47 Å². The fraction of sp³-hybridized carbons (Fsp3) is 0.273. The molecule has 2 N–H and O–H groups in total. The van der Waals surface area contributed by atoms with E-state index < -0.39 is 44.1 Å². The van der Waals surface area contributed by atoms with Gasteiger partial charge in [-0.05, 0) is 38.1 Å². The Bertz CT molecular complexity index is 1100. The van der Waals surface area contributed by atoms with E-state index in [1.54, 1.807) is 36.4 Å². The van der Waals surface area contributed by atoms with Crippen molar-refractivity contribution in [2.75, 3.05) is 13.2 Å². The lowest BCUT2D eigenvalue weighted by Gasteiger charge is -2.14. The van der Waals surface area contributed by atoms with Crippen LogP contribution in [0, 0.1) is 0 Å². The molecule has 0 spiro atoms. The molecule has 2 rings (SSSR count). The molecule has 0 fully saturated rings. The predicted molar refractivity (Wildman–Crippen MR) is 124 cm³/mol. The van der Waals surface area contributed by atoms with E-state index in [9.17, 15) is 26.4 Å². The number of benzene rings is 2. The van der Waals surface area contributed by atoms with Crippen LogP contribution in [-0.4, -0.2) is 54.1 Å². The highest BCUT2D eigenvalue weighted by molar-refractivity contribution is 7.89. The molecule has 0 saturated carbocycles. The normalized spacial score (nSPS) is 13.8. The van der Waals surface area contributed by atoms with E-state index in [0.717, 1.165) is 12.2 Å². The van der Waals surface area contributed by atoms with E-state index in [1.165, 1.54) is 38.1 Å². The maximum Gasteiger partial charge on any atom is 0.331 e. The fourth-order valence-corrected chi connectivity index (χ4v) is 5.08. The molecule has 0 saturated heterocycles. The predicted octanol–water partition coefficient (Wildman–Crippen LogP) is 1.36. The van der Waals surface area contributed by atoms with Gasteiger partial charge in [-0.1, -0.05) is 36.4 Å². The third kappa shape index (κ3) is 9.06. The summed E-state index contributed by atoms with van der Waals surface area (Å²) >= 11 is 0. The lowest BCUT2D eigenvalue weighted by atomic mass is 10.4. The molecule has 0 amide bonds. The van der Waals surface area contributed by atoms with Crippen molar-refractivity contribution in [2.45, 2.75) is 35.7 Å². The Balaban J connectivity index is 1.73. The lowest BCUT2D eigenvalue weighted by Crippen LogP contribution is -2.36. The van der Waals surface area contributed by atoms with Gasteiger partial charge in [0.1, 0.15) is 13.2 Å². The van der Waals surface area contributed by atoms with Gasteiger partial charge in [0, 0.05) is 12.2 Å². The zero-order valence-corrected chi connectivity index (χ0v) is 20.2. The third-order valence-electron chi connectivity index (χ3n) is 4.13. The van der Waals surface area contributed by atoms with Gasteiger partial charge in [-0.3, -0.25) is 0 Å². The number of esters is 2. The highest BCUT2D eigenvalue weighted by Crippen LogP contribution is 2.09. The van der Waals surface area contributed by atoms with Crippen LogP contribution in [0.1, 0.15) is 13.8 Å². The van der Waals surface area contributed by atoms with Crippen molar-refractivity contribution in [3.63, 3.8) is 0 Å². The molecular formula is C22H26N2O8S2. The Labute approximate surface area is 199 Å². The van der Waals surface area contributed by atoms with Gasteiger partial charge in [-0.2, -0.15) is 0 Å². The van der Waals surface area contributed by atoms with Crippen LogP contribution in [0.25, 0.3) is 0 Å². The first-order valence-corrected chi connectivity index (χ1v) is 13.1. The highest BCUT2D eigenvalue weighted by Gasteiger charge is 2.19. The minimum Gasteiger partial charge on any atom is -0.461 e. The van der Waals surface area contributed by atoms with Crippen molar-refractivity contribution in [3.05, 3.63) is 72.8 Å². The second-order valence-corrected chi connectivity index (χ2v) is 10.7. The number of carbonyl (C=O) groups excluding carboxylic acids is 2. The second kappa shape index (κ2) is 12.4. The molecule has 0 aromatic heterocycles. The van der Waals surface area contributed by atoms with Gasteiger partial charge in [-0.25, -0.2) is 35.9 Å².